The summed E-state index contributed by atoms with van der Waals surface area (Å²) in [6.45, 7) is 2.26. The summed E-state index contributed by atoms with van der Waals surface area (Å²) in [6, 6.07) is 0. The fourth-order valence-corrected chi connectivity index (χ4v) is 4.60. The summed E-state index contributed by atoms with van der Waals surface area (Å²) in [4.78, 5) is 0. The first-order chi connectivity index (χ1) is 9.27. The Morgan fingerprint density at radius 1 is 0.800 bits per heavy atom. The van der Waals surface area contributed by atoms with E-state index >= 15 is 0 Å². The van der Waals surface area contributed by atoms with Gasteiger partial charge in [-0.15, -0.1) is 0 Å². The van der Waals surface area contributed by atoms with Gasteiger partial charge in [0, 0.05) is 0 Å². The fourth-order valence-electron chi connectivity index (χ4n) is 4.60. The van der Waals surface area contributed by atoms with Gasteiger partial charge in [-0.3, -0.25) is 0 Å². The predicted molar refractivity (Wildman–Crippen MR) is 89.0 cm³/mol. The molecule has 0 bridgehead atoms. The summed E-state index contributed by atoms with van der Waals surface area (Å²) in [7, 11) is 0. The van der Waals surface area contributed by atoms with Crippen molar-refractivity contribution in [1.29, 1.82) is 0 Å². The first-order valence-electron chi connectivity index (χ1n) is 8.99. The van der Waals surface area contributed by atoms with Crippen LogP contribution in [0.2, 0.25) is 0 Å². The lowest BCUT2D eigenvalue weighted by atomic mass is 9.64. The molecule has 0 amide bonds. The van der Waals surface area contributed by atoms with Gasteiger partial charge in [-0.05, 0) is 43.9 Å². The Morgan fingerprint density at radius 3 is 1.65 bits per heavy atom. The standard InChI is InChI=1S/C18H34O.CH4/c1-2-3-10-15-18(19,16-11-6-4-7-12-16)17-13-8-5-9-14-17;/h16-17,19H,2-15H2,1H3;1H4. The molecule has 0 heterocycles. The number of aliphatic hydroxyl groups is 1. The Hall–Kier alpha value is -0.0400. The van der Waals surface area contributed by atoms with Crippen molar-refractivity contribution < 1.29 is 5.11 Å². The molecular formula is C19H38O. The summed E-state index contributed by atoms with van der Waals surface area (Å²) in [5, 5.41) is 11.5. The molecule has 2 aliphatic rings. The Balaban J connectivity index is 0.00000200. The van der Waals surface area contributed by atoms with E-state index in [2.05, 4.69) is 6.92 Å². The zero-order chi connectivity index (χ0) is 13.6. The molecule has 0 atom stereocenters. The van der Waals surface area contributed by atoms with Gasteiger partial charge in [0.1, 0.15) is 0 Å². The second-order valence-electron chi connectivity index (χ2n) is 7.12. The minimum atomic E-state index is -0.310. The Kier molecular flexibility index (Phi) is 8.17. The van der Waals surface area contributed by atoms with Crippen LogP contribution in [-0.2, 0) is 0 Å². The van der Waals surface area contributed by atoms with Crippen molar-refractivity contribution in [2.45, 2.75) is 110 Å². The van der Waals surface area contributed by atoms with Crippen molar-refractivity contribution in [3.63, 3.8) is 0 Å². The molecule has 2 saturated carbocycles. The van der Waals surface area contributed by atoms with Crippen LogP contribution in [0.1, 0.15) is 104 Å². The number of hydrogen-bond donors (Lipinski definition) is 1. The van der Waals surface area contributed by atoms with E-state index < -0.39 is 0 Å². The lowest BCUT2D eigenvalue weighted by Gasteiger charge is -2.46. The topological polar surface area (TPSA) is 20.2 Å². The zero-order valence-electron chi connectivity index (χ0n) is 13.0. The van der Waals surface area contributed by atoms with Crippen molar-refractivity contribution in [3.8, 4) is 0 Å². The van der Waals surface area contributed by atoms with Gasteiger partial charge >= 0.3 is 0 Å². The average Bonchev–Trinajstić information content (AvgIpc) is 2.49. The molecule has 120 valence electrons. The summed E-state index contributed by atoms with van der Waals surface area (Å²) in [5.41, 5.74) is -0.310. The van der Waals surface area contributed by atoms with Crippen LogP contribution in [-0.4, -0.2) is 10.7 Å². The molecular weight excluding hydrogens is 244 g/mol. The lowest BCUT2D eigenvalue weighted by molar-refractivity contribution is -0.0989. The molecule has 0 aromatic carbocycles. The summed E-state index contributed by atoms with van der Waals surface area (Å²) < 4.78 is 0. The van der Waals surface area contributed by atoms with Gasteiger partial charge < -0.3 is 5.11 Å². The Labute approximate surface area is 127 Å². The maximum Gasteiger partial charge on any atom is 0.0703 e. The maximum atomic E-state index is 11.5. The minimum Gasteiger partial charge on any atom is -0.389 e. The van der Waals surface area contributed by atoms with Gasteiger partial charge in [0.25, 0.3) is 0 Å². The van der Waals surface area contributed by atoms with Crippen molar-refractivity contribution in [2.75, 3.05) is 0 Å². The first kappa shape index (κ1) is 18.0. The van der Waals surface area contributed by atoms with Crippen molar-refractivity contribution in [2.24, 2.45) is 11.8 Å². The fraction of sp³-hybridized carbons (Fsp3) is 1.00. The van der Waals surface area contributed by atoms with Crippen LogP contribution in [0, 0.1) is 11.8 Å². The van der Waals surface area contributed by atoms with Crippen LogP contribution in [0.4, 0.5) is 0 Å². The van der Waals surface area contributed by atoms with Gasteiger partial charge in [-0.1, -0.05) is 72.1 Å². The first-order valence-corrected chi connectivity index (χ1v) is 8.99. The largest absolute Gasteiger partial charge is 0.389 e. The van der Waals surface area contributed by atoms with Gasteiger partial charge in [0.05, 0.1) is 5.60 Å². The minimum absolute atomic E-state index is 0. The monoisotopic (exact) mass is 282 g/mol. The van der Waals surface area contributed by atoms with Crippen molar-refractivity contribution in [1.82, 2.24) is 0 Å². The van der Waals surface area contributed by atoms with Gasteiger partial charge in [-0.25, -0.2) is 0 Å². The van der Waals surface area contributed by atoms with E-state index in [4.69, 9.17) is 0 Å². The Bertz CT molecular complexity index is 218. The summed E-state index contributed by atoms with van der Waals surface area (Å²) >= 11 is 0. The van der Waals surface area contributed by atoms with Crippen molar-refractivity contribution >= 4 is 0 Å². The number of hydrogen-bond acceptors (Lipinski definition) is 1. The molecule has 20 heavy (non-hydrogen) atoms. The SMILES string of the molecule is C.CCCCCC(O)(C1CCCCC1)C1CCCCC1. The van der Waals surface area contributed by atoms with Crippen LogP contribution in [0.3, 0.4) is 0 Å². The van der Waals surface area contributed by atoms with Gasteiger partial charge in [0.2, 0.25) is 0 Å². The molecule has 0 aliphatic heterocycles. The van der Waals surface area contributed by atoms with E-state index in [1.807, 2.05) is 0 Å². The van der Waals surface area contributed by atoms with Crippen LogP contribution < -0.4 is 0 Å². The van der Waals surface area contributed by atoms with E-state index in [1.165, 1.54) is 83.5 Å². The molecule has 0 aromatic heterocycles. The van der Waals surface area contributed by atoms with Crippen LogP contribution >= 0.6 is 0 Å². The highest BCUT2D eigenvalue weighted by molar-refractivity contribution is 4.94. The zero-order valence-corrected chi connectivity index (χ0v) is 13.0. The van der Waals surface area contributed by atoms with E-state index in [-0.39, 0.29) is 13.0 Å². The molecule has 0 spiro atoms. The second kappa shape index (κ2) is 9.07. The highest BCUT2D eigenvalue weighted by Crippen LogP contribution is 2.45. The third-order valence-corrected chi connectivity index (χ3v) is 5.81. The highest BCUT2D eigenvalue weighted by atomic mass is 16.3. The molecule has 2 aliphatic carbocycles. The third kappa shape index (κ3) is 4.48. The van der Waals surface area contributed by atoms with Gasteiger partial charge in [0.15, 0.2) is 0 Å². The molecule has 0 unspecified atom stereocenters. The number of unbranched alkanes of at least 4 members (excludes halogenated alkanes) is 2. The van der Waals surface area contributed by atoms with Crippen molar-refractivity contribution in [3.05, 3.63) is 0 Å². The predicted octanol–water partition coefficient (Wildman–Crippen LogP) is 6.09. The van der Waals surface area contributed by atoms with E-state index in [9.17, 15) is 5.11 Å². The Morgan fingerprint density at radius 2 is 1.25 bits per heavy atom. The van der Waals surface area contributed by atoms with Gasteiger partial charge in [-0.2, -0.15) is 0 Å². The van der Waals surface area contributed by atoms with E-state index in [0.717, 1.165) is 6.42 Å². The molecule has 1 N–H and O–H groups in total. The van der Waals surface area contributed by atoms with Crippen LogP contribution in [0.5, 0.6) is 0 Å². The summed E-state index contributed by atoms with van der Waals surface area (Å²) in [5.74, 6) is 1.22. The maximum absolute atomic E-state index is 11.5. The van der Waals surface area contributed by atoms with Crippen LogP contribution in [0.25, 0.3) is 0 Å². The highest BCUT2D eigenvalue weighted by Gasteiger charge is 2.43. The molecule has 1 heteroatoms. The smallest absolute Gasteiger partial charge is 0.0703 e. The molecule has 0 aromatic rings. The quantitative estimate of drug-likeness (QED) is 0.584. The third-order valence-electron chi connectivity index (χ3n) is 5.81. The van der Waals surface area contributed by atoms with E-state index in [1.54, 1.807) is 0 Å². The number of rotatable bonds is 6. The molecule has 1 nitrogen and oxygen atoms in total. The second-order valence-corrected chi connectivity index (χ2v) is 7.12. The normalized spacial score (nSPS) is 22.5. The summed E-state index contributed by atoms with van der Waals surface area (Å²) in [6.07, 6.45) is 18.3. The van der Waals surface area contributed by atoms with Crippen LogP contribution in [0.15, 0.2) is 0 Å². The molecule has 0 radical (unpaired) electrons. The molecule has 0 saturated heterocycles. The lowest BCUT2D eigenvalue weighted by Crippen LogP contribution is -2.46. The average molecular weight is 283 g/mol. The molecule has 2 fully saturated rings. The molecule has 2 rings (SSSR count). The van der Waals surface area contributed by atoms with E-state index in [0.29, 0.717) is 11.8 Å².